The second-order valence-corrected chi connectivity index (χ2v) is 7.16. The standard InChI is InChI=1S/C19H19ClN4O5S/c1-28-17-5-2-12(10-16(17)24(26)27)18(25)22-19(30)21-14-11-13(20)3-4-15(14)23-6-8-29-9-7-23/h2-5,10-11H,6-9H2,1H3,(H2,21,22,25,30). The maximum atomic E-state index is 12.5. The normalized spacial score (nSPS) is 13.5. The number of nitrogens with zero attached hydrogens (tertiary/aromatic N) is 2. The van der Waals surface area contributed by atoms with Crippen molar-refractivity contribution in [2.24, 2.45) is 0 Å². The van der Waals surface area contributed by atoms with Gasteiger partial charge in [0, 0.05) is 29.7 Å². The summed E-state index contributed by atoms with van der Waals surface area (Å²) in [5.41, 5.74) is 1.27. The molecule has 1 saturated heterocycles. The molecular formula is C19H19ClN4O5S. The van der Waals surface area contributed by atoms with Gasteiger partial charge in [0.25, 0.3) is 5.91 Å². The molecule has 30 heavy (non-hydrogen) atoms. The number of nitro groups is 1. The highest BCUT2D eigenvalue weighted by Gasteiger charge is 2.20. The number of carbonyl (C=O) groups excluding carboxylic acids is 1. The molecule has 9 nitrogen and oxygen atoms in total. The summed E-state index contributed by atoms with van der Waals surface area (Å²) in [6.07, 6.45) is 0. The van der Waals surface area contributed by atoms with Crippen molar-refractivity contribution in [3.63, 3.8) is 0 Å². The number of morpholine rings is 1. The van der Waals surface area contributed by atoms with E-state index in [4.69, 9.17) is 33.3 Å². The van der Waals surface area contributed by atoms with Crippen molar-refractivity contribution < 1.29 is 19.2 Å². The first-order valence-electron chi connectivity index (χ1n) is 8.96. The van der Waals surface area contributed by atoms with Crippen molar-refractivity contribution in [2.75, 3.05) is 43.6 Å². The molecule has 0 bridgehead atoms. The first kappa shape index (κ1) is 21.8. The highest BCUT2D eigenvalue weighted by Crippen LogP contribution is 2.30. The van der Waals surface area contributed by atoms with Crippen LogP contribution < -0.4 is 20.3 Å². The predicted molar refractivity (Wildman–Crippen MR) is 118 cm³/mol. The molecule has 0 unspecified atom stereocenters. The summed E-state index contributed by atoms with van der Waals surface area (Å²) in [5, 5.41) is 17.2. The molecule has 2 aromatic rings. The molecule has 3 rings (SSSR count). The molecule has 0 aromatic heterocycles. The number of amides is 1. The number of halogens is 1. The van der Waals surface area contributed by atoms with E-state index in [0.29, 0.717) is 37.0 Å². The van der Waals surface area contributed by atoms with Crippen LogP contribution in [0.15, 0.2) is 36.4 Å². The fourth-order valence-electron chi connectivity index (χ4n) is 2.99. The van der Waals surface area contributed by atoms with Gasteiger partial charge in [0.1, 0.15) is 0 Å². The van der Waals surface area contributed by atoms with Crippen LogP contribution in [0.25, 0.3) is 0 Å². The van der Waals surface area contributed by atoms with Crippen molar-refractivity contribution in [3.8, 4) is 5.75 Å². The lowest BCUT2D eigenvalue weighted by Crippen LogP contribution is -2.38. The monoisotopic (exact) mass is 450 g/mol. The van der Waals surface area contributed by atoms with Crippen molar-refractivity contribution >= 4 is 51.9 Å². The van der Waals surface area contributed by atoms with Gasteiger partial charge in [-0.3, -0.25) is 20.2 Å². The zero-order valence-electron chi connectivity index (χ0n) is 16.0. The number of carbonyl (C=O) groups is 1. The minimum atomic E-state index is -0.618. The molecule has 1 amide bonds. The fourth-order valence-corrected chi connectivity index (χ4v) is 3.37. The molecule has 1 fully saturated rings. The molecule has 0 radical (unpaired) electrons. The fraction of sp³-hybridized carbons (Fsp3) is 0.263. The molecular weight excluding hydrogens is 432 g/mol. The molecule has 1 aliphatic rings. The van der Waals surface area contributed by atoms with E-state index in [2.05, 4.69) is 15.5 Å². The van der Waals surface area contributed by atoms with E-state index < -0.39 is 10.8 Å². The maximum Gasteiger partial charge on any atom is 0.311 e. The Hall–Kier alpha value is -2.95. The maximum absolute atomic E-state index is 12.5. The highest BCUT2D eigenvalue weighted by atomic mass is 35.5. The number of nitro benzene ring substituents is 1. The molecule has 1 heterocycles. The van der Waals surface area contributed by atoms with Gasteiger partial charge in [0.05, 0.1) is 36.6 Å². The average Bonchev–Trinajstić information content (AvgIpc) is 2.73. The van der Waals surface area contributed by atoms with E-state index in [1.54, 1.807) is 12.1 Å². The third-order valence-corrected chi connectivity index (χ3v) is 4.86. The van der Waals surface area contributed by atoms with Crippen molar-refractivity contribution in [2.45, 2.75) is 0 Å². The second-order valence-electron chi connectivity index (χ2n) is 6.31. The van der Waals surface area contributed by atoms with E-state index in [-0.39, 0.29) is 22.1 Å². The summed E-state index contributed by atoms with van der Waals surface area (Å²) < 4.78 is 10.3. The number of rotatable bonds is 5. The van der Waals surface area contributed by atoms with Gasteiger partial charge in [-0.1, -0.05) is 11.6 Å². The Balaban J connectivity index is 1.74. The number of nitrogens with one attached hydrogen (secondary N) is 2. The smallest absolute Gasteiger partial charge is 0.311 e. The van der Waals surface area contributed by atoms with Crippen LogP contribution in [-0.4, -0.2) is 49.4 Å². The highest BCUT2D eigenvalue weighted by molar-refractivity contribution is 7.80. The summed E-state index contributed by atoms with van der Waals surface area (Å²) in [6, 6.07) is 9.26. The number of thiocarbonyl (C=S) groups is 1. The number of benzene rings is 2. The molecule has 11 heteroatoms. The Morgan fingerprint density at radius 1 is 1.27 bits per heavy atom. The lowest BCUT2D eigenvalue weighted by Gasteiger charge is -2.30. The number of methoxy groups -OCH3 is 1. The molecule has 1 aliphatic heterocycles. The summed E-state index contributed by atoms with van der Waals surface area (Å²) in [7, 11) is 1.32. The van der Waals surface area contributed by atoms with E-state index >= 15 is 0 Å². The minimum Gasteiger partial charge on any atom is -0.490 e. The van der Waals surface area contributed by atoms with Crippen LogP contribution in [0.1, 0.15) is 10.4 Å². The minimum absolute atomic E-state index is 0.0373. The van der Waals surface area contributed by atoms with E-state index in [1.807, 2.05) is 6.07 Å². The molecule has 0 aliphatic carbocycles. The van der Waals surface area contributed by atoms with E-state index in [0.717, 1.165) is 11.8 Å². The van der Waals surface area contributed by atoms with E-state index in [1.165, 1.54) is 19.2 Å². The van der Waals surface area contributed by atoms with Gasteiger partial charge in [-0.15, -0.1) is 0 Å². The number of hydrogen-bond donors (Lipinski definition) is 2. The largest absolute Gasteiger partial charge is 0.490 e. The van der Waals surface area contributed by atoms with Gasteiger partial charge in [-0.2, -0.15) is 0 Å². The van der Waals surface area contributed by atoms with Gasteiger partial charge in [-0.25, -0.2) is 0 Å². The quantitative estimate of drug-likeness (QED) is 0.406. The Morgan fingerprint density at radius 3 is 2.67 bits per heavy atom. The lowest BCUT2D eigenvalue weighted by molar-refractivity contribution is -0.385. The van der Waals surface area contributed by atoms with Crippen LogP contribution in [0.3, 0.4) is 0 Å². The van der Waals surface area contributed by atoms with Gasteiger partial charge in [0.15, 0.2) is 10.9 Å². The Bertz CT molecular complexity index is 981. The predicted octanol–water partition coefficient (Wildman–Crippen LogP) is 3.22. The first-order valence-corrected chi connectivity index (χ1v) is 9.74. The molecule has 0 spiro atoms. The van der Waals surface area contributed by atoms with Crippen LogP contribution in [0.4, 0.5) is 17.1 Å². The Kier molecular flexibility index (Phi) is 7.03. The van der Waals surface area contributed by atoms with Crippen LogP contribution in [0, 0.1) is 10.1 Å². The molecule has 2 aromatic carbocycles. The summed E-state index contributed by atoms with van der Waals surface area (Å²) in [6.45, 7) is 2.65. The van der Waals surface area contributed by atoms with Crippen LogP contribution >= 0.6 is 23.8 Å². The topological polar surface area (TPSA) is 106 Å². The van der Waals surface area contributed by atoms with Crippen LogP contribution in [0.5, 0.6) is 5.75 Å². The van der Waals surface area contributed by atoms with Crippen LogP contribution in [0.2, 0.25) is 5.02 Å². The second kappa shape index (κ2) is 9.70. The number of anilines is 2. The third-order valence-electron chi connectivity index (χ3n) is 4.42. The first-order chi connectivity index (χ1) is 14.4. The zero-order chi connectivity index (χ0) is 21.7. The number of ether oxygens (including phenoxy) is 2. The van der Waals surface area contributed by atoms with Crippen molar-refractivity contribution in [1.82, 2.24) is 5.32 Å². The third kappa shape index (κ3) is 5.15. The van der Waals surface area contributed by atoms with Crippen LogP contribution in [-0.2, 0) is 4.74 Å². The van der Waals surface area contributed by atoms with Gasteiger partial charge < -0.3 is 19.7 Å². The summed E-state index contributed by atoms with van der Waals surface area (Å²) in [5.74, 6) is -0.528. The van der Waals surface area contributed by atoms with Gasteiger partial charge in [0.2, 0.25) is 0 Å². The van der Waals surface area contributed by atoms with Crippen molar-refractivity contribution in [3.05, 3.63) is 57.1 Å². The van der Waals surface area contributed by atoms with Crippen molar-refractivity contribution in [1.29, 1.82) is 0 Å². The zero-order valence-corrected chi connectivity index (χ0v) is 17.6. The van der Waals surface area contributed by atoms with Gasteiger partial charge >= 0.3 is 5.69 Å². The molecule has 2 N–H and O–H groups in total. The average molecular weight is 451 g/mol. The molecule has 158 valence electrons. The van der Waals surface area contributed by atoms with Gasteiger partial charge in [-0.05, 0) is 42.5 Å². The molecule has 0 saturated carbocycles. The SMILES string of the molecule is COc1ccc(C(=O)NC(=S)Nc2cc(Cl)ccc2N2CCOCC2)cc1[N+](=O)[O-]. The summed E-state index contributed by atoms with van der Waals surface area (Å²) in [4.78, 5) is 25.2. The molecule has 0 atom stereocenters. The number of hydrogen-bond acceptors (Lipinski definition) is 7. The van der Waals surface area contributed by atoms with E-state index in [9.17, 15) is 14.9 Å². The Morgan fingerprint density at radius 2 is 2.00 bits per heavy atom. The summed E-state index contributed by atoms with van der Waals surface area (Å²) >= 11 is 11.4. The Labute approximate surface area is 183 Å². The lowest BCUT2D eigenvalue weighted by atomic mass is 10.1.